The van der Waals surface area contributed by atoms with Crippen LogP contribution in [-0.2, 0) is 0 Å². The number of amides is 1. The number of nitro groups is 1. The van der Waals surface area contributed by atoms with Gasteiger partial charge >= 0.3 is 0 Å². The van der Waals surface area contributed by atoms with Gasteiger partial charge in [0.15, 0.2) is 0 Å². The first-order chi connectivity index (χ1) is 13.1. The van der Waals surface area contributed by atoms with Gasteiger partial charge in [-0.05, 0) is 50.9 Å². The number of nitro benzene ring substituents is 1. The highest BCUT2D eigenvalue weighted by Crippen LogP contribution is 2.35. The largest absolute Gasteiger partial charge is 0.497 e. The summed E-state index contributed by atoms with van der Waals surface area (Å²) in [6, 6.07) is 4.28. The summed E-state index contributed by atoms with van der Waals surface area (Å²) in [5.41, 5.74) is -0.143. The number of likely N-dealkylation sites (tertiary alicyclic amines) is 1. The number of benzene rings is 1. The predicted octanol–water partition coefficient (Wildman–Crippen LogP) is 3.52. The van der Waals surface area contributed by atoms with Gasteiger partial charge in [0.25, 0.3) is 11.6 Å². The average Bonchev–Trinajstić information content (AvgIpc) is 2.72. The Labute approximate surface area is 160 Å². The van der Waals surface area contributed by atoms with E-state index in [2.05, 4.69) is 10.2 Å². The number of hydrogen-bond acceptors (Lipinski definition) is 5. The van der Waals surface area contributed by atoms with Crippen molar-refractivity contribution >= 4 is 11.6 Å². The van der Waals surface area contributed by atoms with Gasteiger partial charge in [0, 0.05) is 18.2 Å². The molecule has 1 aromatic carbocycles. The molecule has 7 nitrogen and oxygen atoms in total. The molecule has 148 valence electrons. The van der Waals surface area contributed by atoms with Gasteiger partial charge in [0.2, 0.25) is 0 Å². The molecular weight excluding hydrogens is 346 g/mol. The van der Waals surface area contributed by atoms with Crippen LogP contribution in [-0.4, -0.2) is 48.0 Å². The lowest BCUT2D eigenvalue weighted by Crippen LogP contribution is -2.58. The number of rotatable bonds is 6. The van der Waals surface area contributed by atoms with Crippen LogP contribution in [0, 0.1) is 10.1 Å². The van der Waals surface area contributed by atoms with Gasteiger partial charge in [0.05, 0.1) is 12.0 Å². The lowest BCUT2D eigenvalue weighted by molar-refractivity contribution is -0.385. The molecule has 1 heterocycles. The van der Waals surface area contributed by atoms with Crippen LogP contribution in [0.5, 0.6) is 5.75 Å². The maximum Gasteiger partial charge on any atom is 0.282 e. The summed E-state index contributed by atoms with van der Waals surface area (Å²) in [5, 5.41) is 14.3. The van der Waals surface area contributed by atoms with Crippen LogP contribution in [0.3, 0.4) is 0 Å². The lowest BCUT2D eigenvalue weighted by atomic mass is 9.79. The zero-order chi connectivity index (χ0) is 19.3. The fraction of sp³-hybridized carbons (Fsp3) is 0.650. The average molecular weight is 375 g/mol. The molecule has 0 radical (unpaired) electrons. The standard InChI is InChI=1S/C20H29N3O4/c1-27-16-8-9-18(23(25)26)17(14-16)19(24)21-15-20(10-4-2-5-11-20)22-12-6-3-7-13-22/h8-9,14H,2-7,10-13,15H2,1H3,(H,21,24). The number of ether oxygens (including phenoxy) is 1. The van der Waals surface area contributed by atoms with Gasteiger partial charge in [-0.2, -0.15) is 0 Å². The van der Waals surface area contributed by atoms with E-state index in [4.69, 9.17) is 4.74 Å². The van der Waals surface area contributed by atoms with Crippen molar-refractivity contribution in [1.29, 1.82) is 0 Å². The van der Waals surface area contributed by atoms with E-state index in [1.165, 1.54) is 63.8 Å². The molecule has 0 bridgehead atoms. The van der Waals surface area contributed by atoms with Gasteiger partial charge in [0.1, 0.15) is 11.3 Å². The Morgan fingerprint density at radius 1 is 1.19 bits per heavy atom. The molecule has 27 heavy (non-hydrogen) atoms. The number of carbonyl (C=O) groups excluding carboxylic acids is 1. The third kappa shape index (κ3) is 4.40. The van der Waals surface area contributed by atoms with E-state index in [0.717, 1.165) is 25.9 Å². The highest BCUT2D eigenvalue weighted by Gasteiger charge is 2.39. The molecule has 1 amide bonds. The Balaban J connectivity index is 1.77. The highest BCUT2D eigenvalue weighted by molar-refractivity contribution is 5.98. The van der Waals surface area contributed by atoms with E-state index in [9.17, 15) is 14.9 Å². The lowest BCUT2D eigenvalue weighted by Gasteiger charge is -2.48. The second kappa shape index (κ2) is 8.69. The second-order valence-corrected chi connectivity index (χ2v) is 7.66. The summed E-state index contributed by atoms with van der Waals surface area (Å²) in [4.78, 5) is 26.2. The molecule has 1 N–H and O–H groups in total. The van der Waals surface area contributed by atoms with E-state index in [-0.39, 0.29) is 16.8 Å². The molecule has 1 aromatic rings. The number of methoxy groups -OCH3 is 1. The molecular formula is C20H29N3O4. The zero-order valence-corrected chi connectivity index (χ0v) is 16.0. The summed E-state index contributed by atoms with van der Waals surface area (Å²) in [6.45, 7) is 2.70. The number of hydrogen-bond donors (Lipinski definition) is 1. The Hall–Kier alpha value is -2.15. The first kappa shape index (κ1) is 19.6. The second-order valence-electron chi connectivity index (χ2n) is 7.66. The first-order valence-corrected chi connectivity index (χ1v) is 9.91. The van der Waals surface area contributed by atoms with Crippen LogP contribution in [0.4, 0.5) is 5.69 Å². The van der Waals surface area contributed by atoms with Crippen molar-refractivity contribution in [3.63, 3.8) is 0 Å². The van der Waals surface area contributed by atoms with E-state index in [1.807, 2.05) is 0 Å². The number of nitrogens with zero attached hydrogens (tertiary/aromatic N) is 2. The Kier molecular flexibility index (Phi) is 6.31. The number of carbonyl (C=O) groups is 1. The van der Waals surface area contributed by atoms with Crippen molar-refractivity contribution in [2.75, 3.05) is 26.7 Å². The molecule has 1 aliphatic carbocycles. The topological polar surface area (TPSA) is 84.7 Å². The molecule has 2 aliphatic rings. The fourth-order valence-corrected chi connectivity index (χ4v) is 4.51. The molecule has 0 unspecified atom stereocenters. The summed E-state index contributed by atoms with van der Waals surface area (Å²) < 4.78 is 5.14. The third-order valence-electron chi connectivity index (χ3n) is 6.03. The van der Waals surface area contributed by atoms with Crippen molar-refractivity contribution in [2.45, 2.75) is 56.9 Å². The maximum atomic E-state index is 12.8. The highest BCUT2D eigenvalue weighted by atomic mass is 16.6. The SMILES string of the molecule is COc1ccc([N+](=O)[O-])c(C(=O)NCC2(N3CCCCC3)CCCCC2)c1. The number of nitrogens with one attached hydrogen (secondary N) is 1. The molecule has 7 heteroatoms. The summed E-state index contributed by atoms with van der Waals surface area (Å²) in [6.07, 6.45) is 9.42. The molecule has 1 saturated heterocycles. The zero-order valence-electron chi connectivity index (χ0n) is 16.0. The monoisotopic (exact) mass is 375 g/mol. The Bertz CT molecular complexity index is 680. The Morgan fingerprint density at radius 2 is 1.85 bits per heavy atom. The van der Waals surface area contributed by atoms with Crippen molar-refractivity contribution < 1.29 is 14.5 Å². The van der Waals surface area contributed by atoms with E-state index in [1.54, 1.807) is 0 Å². The summed E-state index contributed by atoms with van der Waals surface area (Å²) >= 11 is 0. The van der Waals surface area contributed by atoms with Gasteiger partial charge in [-0.15, -0.1) is 0 Å². The fourth-order valence-electron chi connectivity index (χ4n) is 4.51. The van der Waals surface area contributed by atoms with Gasteiger partial charge in [-0.1, -0.05) is 25.7 Å². The molecule has 0 aromatic heterocycles. The minimum Gasteiger partial charge on any atom is -0.497 e. The molecule has 3 rings (SSSR count). The van der Waals surface area contributed by atoms with E-state index in [0.29, 0.717) is 12.3 Å². The quantitative estimate of drug-likeness (QED) is 0.607. The van der Waals surface area contributed by atoms with Gasteiger partial charge in [-0.3, -0.25) is 19.8 Å². The molecule has 1 saturated carbocycles. The van der Waals surface area contributed by atoms with Gasteiger partial charge in [-0.25, -0.2) is 0 Å². The summed E-state index contributed by atoms with van der Waals surface area (Å²) in [7, 11) is 1.48. The first-order valence-electron chi connectivity index (χ1n) is 9.91. The van der Waals surface area contributed by atoms with E-state index >= 15 is 0 Å². The third-order valence-corrected chi connectivity index (χ3v) is 6.03. The summed E-state index contributed by atoms with van der Waals surface area (Å²) in [5.74, 6) is 0.0386. The van der Waals surface area contributed by atoms with Crippen molar-refractivity contribution in [1.82, 2.24) is 10.2 Å². The van der Waals surface area contributed by atoms with Crippen LogP contribution in [0.25, 0.3) is 0 Å². The van der Waals surface area contributed by atoms with Crippen LogP contribution >= 0.6 is 0 Å². The van der Waals surface area contributed by atoms with E-state index < -0.39 is 10.8 Å². The molecule has 1 aliphatic heterocycles. The molecule has 0 spiro atoms. The minimum atomic E-state index is -0.518. The Morgan fingerprint density at radius 3 is 2.48 bits per heavy atom. The van der Waals surface area contributed by atoms with Crippen LogP contribution in [0.1, 0.15) is 61.7 Å². The predicted molar refractivity (Wildman–Crippen MR) is 103 cm³/mol. The van der Waals surface area contributed by atoms with Crippen molar-refractivity contribution in [3.8, 4) is 5.75 Å². The van der Waals surface area contributed by atoms with Gasteiger partial charge < -0.3 is 10.1 Å². The smallest absolute Gasteiger partial charge is 0.282 e. The minimum absolute atomic E-state index is 0.0119. The number of piperidine rings is 1. The maximum absolute atomic E-state index is 12.8. The van der Waals surface area contributed by atoms with Crippen molar-refractivity contribution in [3.05, 3.63) is 33.9 Å². The molecule has 2 fully saturated rings. The normalized spacial score (nSPS) is 20.0. The van der Waals surface area contributed by atoms with Crippen LogP contribution in [0.2, 0.25) is 0 Å². The van der Waals surface area contributed by atoms with Crippen LogP contribution < -0.4 is 10.1 Å². The molecule has 0 atom stereocenters. The van der Waals surface area contributed by atoms with Crippen molar-refractivity contribution in [2.24, 2.45) is 0 Å². The van der Waals surface area contributed by atoms with Crippen LogP contribution in [0.15, 0.2) is 18.2 Å².